The van der Waals surface area contributed by atoms with Crippen molar-refractivity contribution in [3.8, 4) is 0 Å². The van der Waals surface area contributed by atoms with Gasteiger partial charge in [0.1, 0.15) is 0 Å². The summed E-state index contributed by atoms with van der Waals surface area (Å²) in [4.78, 5) is 0.500. The lowest BCUT2D eigenvalue weighted by atomic mass is 10.7. The van der Waals surface area contributed by atoms with E-state index in [1.165, 1.54) is 12.4 Å². The number of halogens is 1. The van der Waals surface area contributed by atoms with E-state index in [9.17, 15) is 4.48 Å². The quantitative estimate of drug-likeness (QED) is 0.446. The normalized spacial score (nSPS) is 8.83. The zero-order valence-corrected chi connectivity index (χ0v) is 3.13. The van der Waals surface area contributed by atoms with Crippen molar-refractivity contribution in [3.63, 3.8) is 0 Å². The van der Waals surface area contributed by atoms with E-state index in [2.05, 4.69) is 0 Å². The third-order valence-electron chi connectivity index (χ3n) is 0.568. The molecule has 0 aliphatic heterocycles. The van der Waals surface area contributed by atoms with Crippen LogP contribution in [0.2, 0.25) is 0 Å². The topological polar surface area (TPSA) is 4.93 Å². The Balaban J connectivity index is 3.05. The molecular formula is C4H4FN. The maximum absolute atomic E-state index is 11.6. The summed E-state index contributed by atoms with van der Waals surface area (Å²) in [5.74, 6) is 0. The summed E-state index contributed by atoms with van der Waals surface area (Å²) in [6.07, 6.45) is 2.67. The van der Waals surface area contributed by atoms with Crippen LogP contribution in [-0.4, -0.2) is 4.79 Å². The van der Waals surface area contributed by atoms with Crippen molar-refractivity contribution in [2.75, 3.05) is 0 Å². The van der Waals surface area contributed by atoms with E-state index < -0.39 is 0 Å². The van der Waals surface area contributed by atoms with E-state index in [1.807, 2.05) is 0 Å². The Kier molecular flexibility index (Phi) is 0.638. The van der Waals surface area contributed by atoms with Crippen LogP contribution in [0.5, 0.6) is 0 Å². The summed E-state index contributed by atoms with van der Waals surface area (Å²) in [7, 11) is 0. The summed E-state index contributed by atoms with van der Waals surface area (Å²) in [5, 5.41) is 0. The van der Waals surface area contributed by atoms with Crippen LogP contribution in [0.15, 0.2) is 24.5 Å². The molecule has 0 aromatic carbocycles. The molecule has 0 spiro atoms. The van der Waals surface area contributed by atoms with E-state index in [0.717, 1.165) is 0 Å². The first-order chi connectivity index (χ1) is 2.89. The van der Waals surface area contributed by atoms with Crippen LogP contribution in [0, 0.1) is 0 Å². The van der Waals surface area contributed by atoms with Gasteiger partial charge in [0.25, 0.3) is 0 Å². The van der Waals surface area contributed by atoms with Crippen molar-refractivity contribution in [1.29, 1.82) is 0 Å². The van der Waals surface area contributed by atoms with Gasteiger partial charge in [-0.25, -0.2) is 0 Å². The highest BCUT2D eigenvalue weighted by atomic mass is 19.2. The lowest BCUT2D eigenvalue weighted by Gasteiger charge is -1.71. The molecule has 0 saturated heterocycles. The lowest BCUT2D eigenvalue weighted by molar-refractivity contribution is 0.371. The minimum absolute atomic E-state index is 0.500. The maximum Gasteiger partial charge on any atom is 0.0379 e. The molecule has 1 aromatic rings. The largest absolute Gasteiger partial charge is 0.194 e. The molecule has 0 N–H and O–H groups in total. The minimum atomic E-state index is 0.500. The standard InChI is InChI=1S/C4H4FN/c5-6-3-1-2-4-6/h1-4H. The van der Waals surface area contributed by atoms with E-state index in [-0.39, 0.29) is 0 Å². The number of rotatable bonds is 0. The van der Waals surface area contributed by atoms with Gasteiger partial charge in [0, 0.05) is 12.4 Å². The van der Waals surface area contributed by atoms with Gasteiger partial charge in [-0.2, -0.15) is 4.79 Å². The molecular weight excluding hydrogens is 81.0 g/mol. The fourth-order valence-corrected chi connectivity index (χ4v) is 0.314. The van der Waals surface area contributed by atoms with Crippen LogP contribution < -0.4 is 0 Å². The van der Waals surface area contributed by atoms with Crippen LogP contribution in [0.25, 0.3) is 0 Å². The molecule has 0 aliphatic rings. The van der Waals surface area contributed by atoms with Crippen molar-refractivity contribution >= 4 is 0 Å². The molecule has 32 valence electrons. The molecule has 0 atom stereocenters. The second kappa shape index (κ2) is 1.12. The predicted octanol–water partition coefficient (Wildman–Crippen LogP) is 1.22. The Hall–Kier alpha value is -0.790. The molecule has 1 heterocycles. The third kappa shape index (κ3) is 0.407. The highest BCUT2D eigenvalue weighted by Gasteiger charge is 1.72. The maximum atomic E-state index is 11.6. The number of aromatic nitrogens is 1. The van der Waals surface area contributed by atoms with Crippen molar-refractivity contribution < 1.29 is 4.48 Å². The summed E-state index contributed by atoms with van der Waals surface area (Å²) in [6.45, 7) is 0. The molecule has 1 rings (SSSR count). The Labute approximate surface area is 35.0 Å². The van der Waals surface area contributed by atoms with Crippen molar-refractivity contribution in [2.24, 2.45) is 0 Å². The van der Waals surface area contributed by atoms with Gasteiger partial charge in [0.2, 0.25) is 0 Å². The minimum Gasteiger partial charge on any atom is -0.194 e. The van der Waals surface area contributed by atoms with Crippen LogP contribution in [0.3, 0.4) is 0 Å². The second-order valence-corrected chi connectivity index (χ2v) is 1.03. The van der Waals surface area contributed by atoms with Crippen molar-refractivity contribution in [1.82, 2.24) is 4.79 Å². The van der Waals surface area contributed by atoms with Gasteiger partial charge in [0.05, 0.1) is 0 Å². The van der Waals surface area contributed by atoms with Gasteiger partial charge in [-0.1, -0.05) is 4.48 Å². The monoisotopic (exact) mass is 85.0 g/mol. The van der Waals surface area contributed by atoms with E-state index in [4.69, 9.17) is 0 Å². The number of nitrogens with zero attached hydrogens (tertiary/aromatic N) is 1. The molecule has 0 amide bonds. The van der Waals surface area contributed by atoms with Gasteiger partial charge in [-0.05, 0) is 12.1 Å². The molecule has 1 nitrogen and oxygen atoms in total. The highest BCUT2D eigenvalue weighted by molar-refractivity contribution is 4.87. The predicted molar refractivity (Wildman–Crippen MR) is 20.9 cm³/mol. The molecule has 0 saturated carbocycles. The van der Waals surface area contributed by atoms with E-state index >= 15 is 0 Å². The van der Waals surface area contributed by atoms with Crippen LogP contribution in [0.1, 0.15) is 0 Å². The molecule has 0 fully saturated rings. The zero-order chi connectivity index (χ0) is 4.41. The average molecular weight is 85.1 g/mol. The fraction of sp³-hybridized carbons (Fsp3) is 0. The first-order valence-electron chi connectivity index (χ1n) is 1.69. The van der Waals surface area contributed by atoms with Gasteiger partial charge in [-0.15, -0.1) is 0 Å². The first-order valence-corrected chi connectivity index (χ1v) is 1.69. The van der Waals surface area contributed by atoms with E-state index in [0.29, 0.717) is 4.79 Å². The summed E-state index contributed by atoms with van der Waals surface area (Å²) >= 11 is 0. The van der Waals surface area contributed by atoms with Gasteiger partial charge in [-0.3, -0.25) is 0 Å². The van der Waals surface area contributed by atoms with Crippen LogP contribution >= 0.6 is 0 Å². The van der Waals surface area contributed by atoms with Crippen molar-refractivity contribution in [2.45, 2.75) is 0 Å². The lowest BCUT2D eigenvalue weighted by Crippen LogP contribution is -1.66. The van der Waals surface area contributed by atoms with Crippen LogP contribution in [-0.2, 0) is 0 Å². The molecule has 1 aromatic heterocycles. The summed E-state index contributed by atoms with van der Waals surface area (Å²) in [6, 6.07) is 3.25. The zero-order valence-electron chi connectivity index (χ0n) is 3.13. The molecule has 6 heavy (non-hydrogen) atoms. The molecule has 0 radical (unpaired) electrons. The average Bonchev–Trinajstić information content (AvgIpc) is 1.86. The van der Waals surface area contributed by atoms with Gasteiger partial charge >= 0.3 is 0 Å². The SMILES string of the molecule is Fn1cccc1. The fourth-order valence-electron chi connectivity index (χ4n) is 0.314. The summed E-state index contributed by atoms with van der Waals surface area (Å²) in [5.41, 5.74) is 0. The first kappa shape index (κ1) is 3.40. The Morgan fingerprint density at radius 2 is 1.67 bits per heavy atom. The molecule has 0 bridgehead atoms. The smallest absolute Gasteiger partial charge is 0.0379 e. The Bertz CT molecular complexity index is 111. The summed E-state index contributed by atoms with van der Waals surface area (Å²) < 4.78 is 11.6. The van der Waals surface area contributed by atoms with E-state index in [1.54, 1.807) is 12.1 Å². The van der Waals surface area contributed by atoms with Crippen molar-refractivity contribution in [3.05, 3.63) is 24.5 Å². The van der Waals surface area contributed by atoms with Crippen LogP contribution in [0.4, 0.5) is 4.48 Å². The van der Waals surface area contributed by atoms with Gasteiger partial charge in [0.15, 0.2) is 0 Å². The second-order valence-electron chi connectivity index (χ2n) is 1.03. The number of hydrogen-bond acceptors (Lipinski definition) is 0. The molecule has 0 unspecified atom stereocenters. The number of hydrogen-bond donors (Lipinski definition) is 0. The Morgan fingerprint density at radius 1 is 1.17 bits per heavy atom. The Morgan fingerprint density at radius 3 is 1.83 bits per heavy atom. The van der Waals surface area contributed by atoms with Gasteiger partial charge < -0.3 is 0 Å². The molecule has 2 heteroatoms. The highest BCUT2D eigenvalue weighted by Crippen LogP contribution is 1.84. The third-order valence-corrected chi connectivity index (χ3v) is 0.568. The molecule has 0 aliphatic carbocycles.